The second kappa shape index (κ2) is 7.64. The molecule has 1 saturated heterocycles. The Bertz CT molecular complexity index is 432. The topological polar surface area (TPSA) is 41.1 Å². The molecule has 1 aromatic rings. The Morgan fingerprint density at radius 2 is 2.05 bits per heavy atom. The van der Waals surface area contributed by atoms with Crippen LogP contribution in [0.15, 0.2) is 24.3 Å². The van der Waals surface area contributed by atoms with Gasteiger partial charge in [-0.05, 0) is 50.6 Å². The van der Waals surface area contributed by atoms with E-state index in [9.17, 15) is 9.18 Å². The summed E-state index contributed by atoms with van der Waals surface area (Å²) in [6, 6.07) is 6.17. The molecule has 1 fully saturated rings. The van der Waals surface area contributed by atoms with E-state index in [1.807, 2.05) is 6.92 Å². The first-order valence-corrected chi connectivity index (χ1v) is 8.07. The van der Waals surface area contributed by atoms with Crippen LogP contribution < -0.4 is 10.6 Å². The zero-order valence-electron chi connectivity index (χ0n) is 11.7. The fourth-order valence-corrected chi connectivity index (χ4v) is 3.31. The molecule has 0 aliphatic carbocycles. The van der Waals surface area contributed by atoms with Crippen molar-refractivity contribution in [2.45, 2.75) is 31.1 Å². The second-order valence-electron chi connectivity index (χ2n) is 5.10. The minimum absolute atomic E-state index is 0.0466. The molecule has 1 atom stereocenters. The summed E-state index contributed by atoms with van der Waals surface area (Å²) in [6.45, 7) is 4.01. The Balaban J connectivity index is 1.74. The molecule has 3 nitrogen and oxygen atoms in total. The first-order chi connectivity index (χ1) is 9.65. The van der Waals surface area contributed by atoms with E-state index < -0.39 is 0 Å². The van der Waals surface area contributed by atoms with Crippen molar-refractivity contribution in [2.75, 3.05) is 18.8 Å². The van der Waals surface area contributed by atoms with Gasteiger partial charge in [-0.2, -0.15) is 0 Å². The standard InChI is InChI=1S/C15H21FN2OS/c1-11(12-2-4-13(16)5-3-12)18-15(19)10-20-14-6-8-17-9-7-14/h2-5,11,14,17H,6-10H2,1H3,(H,18,19)/t11-/m1/s1. The summed E-state index contributed by atoms with van der Waals surface area (Å²) in [7, 11) is 0. The first kappa shape index (κ1) is 15.3. The SMILES string of the molecule is C[C@@H](NC(=O)CSC1CCNCC1)c1ccc(F)cc1. The molecule has 0 saturated carbocycles. The molecule has 1 aliphatic heterocycles. The van der Waals surface area contributed by atoms with Crippen molar-refractivity contribution >= 4 is 17.7 Å². The lowest BCUT2D eigenvalue weighted by atomic mass is 10.1. The Morgan fingerprint density at radius 3 is 2.70 bits per heavy atom. The van der Waals surface area contributed by atoms with Crippen LogP contribution in [0.4, 0.5) is 4.39 Å². The zero-order valence-corrected chi connectivity index (χ0v) is 12.5. The molecule has 2 N–H and O–H groups in total. The van der Waals surface area contributed by atoms with Gasteiger partial charge in [0.1, 0.15) is 5.82 Å². The Labute approximate surface area is 123 Å². The molecule has 110 valence electrons. The van der Waals surface area contributed by atoms with E-state index in [4.69, 9.17) is 0 Å². The van der Waals surface area contributed by atoms with Crippen molar-refractivity contribution in [3.8, 4) is 0 Å². The first-order valence-electron chi connectivity index (χ1n) is 7.02. The van der Waals surface area contributed by atoms with Gasteiger partial charge in [-0.15, -0.1) is 11.8 Å². The van der Waals surface area contributed by atoms with Crippen LogP contribution in [-0.2, 0) is 4.79 Å². The van der Waals surface area contributed by atoms with Crippen LogP contribution in [0.5, 0.6) is 0 Å². The molecular weight excluding hydrogens is 275 g/mol. The molecule has 5 heteroatoms. The highest BCUT2D eigenvalue weighted by atomic mass is 32.2. The summed E-state index contributed by atoms with van der Waals surface area (Å²) in [5.41, 5.74) is 0.923. The highest BCUT2D eigenvalue weighted by Crippen LogP contribution is 2.20. The number of carbonyl (C=O) groups excluding carboxylic acids is 1. The summed E-state index contributed by atoms with van der Waals surface area (Å²) in [6.07, 6.45) is 2.26. The van der Waals surface area contributed by atoms with Gasteiger partial charge in [0.2, 0.25) is 5.91 Å². The van der Waals surface area contributed by atoms with Crippen molar-refractivity contribution in [3.63, 3.8) is 0 Å². The third-order valence-corrected chi connectivity index (χ3v) is 4.86. The molecule has 0 bridgehead atoms. The molecule has 1 amide bonds. The lowest BCUT2D eigenvalue weighted by Crippen LogP contribution is -2.32. The number of amides is 1. The van der Waals surface area contributed by atoms with E-state index in [1.54, 1.807) is 23.9 Å². The molecular formula is C15H21FN2OS. The fraction of sp³-hybridized carbons (Fsp3) is 0.533. The number of benzene rings is 1. The summed E-state index contributed by atoms with van der Waals surface area (Å²) >= 11 is 1.73. The molecule has 2 rings (SSSR count). The molecule has 0 spiro atoms. The average molecular weight is 296 g/mol. The van der Waals surface area contributed by atoms with E-state index in [0.717, 1.165) is 31.5 Å². The maximum Gasteiger partial charge on any atom is 0.230 e. The molecule has 1 heterocycles. The number of halogens is 1. The quantitative estimate of drug-likeness (QED) is 0.877. The lowest BCUT2D eigenvalue weighted by molar-refractivity contribution is -0.119. The summed E-state index contributed by atoms with van der Waals surface area (Å²) in [5, 5.41) is 6.86. The molecule has 20 heavy (non-hydrogen) atoms. The summed E-state index contributed by atoms with van der Waals surface area (Å²) < 4.78 is 12.8. The highest BCUT2D eigenvalue weighted by Gasteiger charge is 2.16. The Kier molecular flexibility index (Phi) is 5.86. The van der Waals surface area contributed by atoms with Crippen LogP contribution in [0, 0.1) is 5.82 Å². The molecule has 1 aliphatic rings. The van der Waals surface area contributed by atoms with Gasteiger partial charge in [-0.3, -0.25) is 4.79 Å². The van der Waals surface area contributed by atoms with Crippen LogP contribution in [0.3, 0.4) is 0 Å². The maximum atomic E-state index is 12.8. The van der Waals surface area contributed by atoms with Crippen LogP contribution in [0.25, 0.3) is 0 Å². The number of hydrogen-bond donors (Lipinski definition) is 2. The number of piperidine rings is 1. The van der Waals surface area contributed by atoms with Crippen LogP contribution in [-0.4, -0.2) is 30.0 Å². The molecule has 0 unspecified atom stereocenters. The van der Waals surface area contributed by atoms with E-state index in [2.05, 4.69) is 10.6 Å². The largest absolute Gasteiger partial charge is 0.349 e. The van der Waals surface area contributed by atoms with Crippen molar-refractivity contribution in [1.82, 2.24) is 10.6 Å². The number of nitrogens with one attached hydrogen (secondary N) is 2. The lowest BCUT2D eigenvalue weighted by Gasteiger charge is -2.22. The predicted octanol–water partition coefficient (Wildman–Crippen LogP) is 2.49. The summed E-state index contributed by atoms with van der Waals surface area (Å²) in [4.78, 5) is 11.9. The van der Waals surface area contributed by atoms with Crippen molar-refractivity contribution in [1.29, 1.82) is 0 Å². The van der Waals surface area contributed by atoms with Gasteiger partial charge in [-0.25, -0.2) is 4.39 Å². The number of rotatable bonds is 5. The summed E-state index contributed by atoms with van der Waals surface area (Å²) in [5.74, 6) is 0.287. The average Bonchev–Trinajstić information content (AvgIpc) is 2.47. The van der Waals surface area contributed by atoms with E-state index >= 15 is 0 Å². The molecule has 0 radical (unpaired) electrons. The maximum absolute atomic E-state index is 12.8. The fourth-order valence-electron chi connectivity index (χ4n) is 2.27. The molecule has 1 aromatic carbocycles. The van der Waals surface area contributed by atoms with Gasteiger partial charge >= 0.3 is 0 Å². The van der Waals surface area contributed by atoms with Gasteiger partial charge < -0.3 is 10.6 Å². The minimum Gasteiger partial charge on any atom is -0.349 e. The Hall–Kier alpha value is -1.07. The molecule has 0 aromatic heterocycles. The third kappa shape index (κ3) is 4.80. The van der Waals surface area contributed by atoms with Crippen LogP contribution >= 0.6 is 11.8 Å². The van der Waals surface area contributed by atoms with Gasteiger partial charge in [-0.1, -0.05) is 12.1 Å². The van der Waals surface area contributed by atoms with Crippen molar-refractivity contribution < 1.29 is 9.18 Å². The van der Waals surface area contributed by atoms with E-state index in [0.29, 0.717) is 11.0 Å². The minimum atomic E-state index is -0.256. The van der Waals surface area contributed by atoms with Crippen molar-refractivity contribution in [3.05, 3.63) is 35.6 Å². The number of hydrogen-bond acceptors (Lipinski definition) is 3. The number of carbonyl (C=O) groups is 1. The van der Waals surface area contributed by atoms with Crippen LogP contribution in [0.1, 0.15) is 31.4 Å². The van der Waals surface area contributed by atoms with Gasteiger partial charge in [0.05, 0.1) is 11.8 Å². The normalized spacial score (nSPS) is 17.7. The predicted molar refractivity (Wildman–Crippen MR) is 81.3 cm³/mol. The zero-order chi connectivity index (χ0) is 14.4. The van der Waals surface area contributed by atoms with Gasteiger partial charge in [0.15, 0.2) is 0 Å². The van der Waals surface area contributed by atoms with Gasteiger partial charge in [0.25, 0.3) is 0 Å². The van der Waals surface area contributed by atoms with Crippen LogP contribution in [0.2, 0.25) is 0 Å². The monoisotopic (exact) mass is 296 g/mol. The smallest absolute Gasteiger partial charge is 0.230 e. The highest BCUT2D eigenvalue weighted by molar-refractivity contribution is 8.00. The van der Waals surface area contributed by atoms with Gasteiger partial charge in [0, 0.05) is 5.25 Å². The van der Waals surface area contributed by atoms with E-state index in [1.165, 1.54) is 12.1 Å². The third-order valence-electron chi connectivity index (χ3n) is 3.48. The van der Waals surface area contributed by atoms with E-state index in [-0.39, 0.29) is 17.8 Å². The second-order valence-corrected chi connectivity index (χ2v) is 6.39. The van der Waals surface area contributed by atoms with Crippen molar-refractivity contribution in [2.24, 2.45) is 0 Å². The number of thioether (sulfide) groups is 1. The Morgan fingerprint density at radius 1 is 1.40 bits per heavy atom.